The number of ether oxygens (including phenoxy) is 3. The maximum absolute atomic E-state index is 13.7. The predicted octanol–water partition coefficient (Wildman–Crippen LogP) is 6.53. The highest BCUT2D eigenvalue weighted by atomic mass is 19.1. The van der Waals surface area contributed by atoms with E-state index in [1.54, 1.807) is 24.3 Å². The fourth-order valence-electron chi connectivity index (χ4n) is 4.60. The second-order valence-corrected chi connectivity index (χ2v) is 9.81. The van der Waals surface area contributed by atoms with Crippen molar-refractivity contribution in [2.45, 2.75) is 83.6 Å². The van der Waals surface area contributed by atoms with Gasteiger partial charge in [-0.3, -0.25) is 4.79 Å². The number of hydrogen-bond acceptors (Lipinski definition) is 7. The van der Waals surface area contributed by atoms with E-state index in [0.717, 1.165) is 12.8 Å². The molecule has 0 bridgehead atoms. The Hall–Kier alpha value is -3.69. The maximum atomic E-state index is 13.7. The largest absolute Gasteiger partial charge is 0.496 e. The van der Waals surface area contributed by atoms with Gasteiger partial charge < -0.3 is 19.5 Å². The first-order chi connectivity index (χ1) is 19.5. The fourth-order valence-corrected chi connectivity index (χ4v) is 4.60. The number of carbonyl (C=O) groups excluding carboxylic acids is 1. The van der Waals surface area contributed by atoms with Crippen LogP contribution in [0.25, 0.3) is 0 Å². The molecular formula is C30H42FN5O4. The molecule has 10 heteroatoms. The molecule has 0 spiro atoms. The number of aryl methyl sites for hydroxylation is 1. The van der Waals surface area contributed by atoms with Gasteiger partial charge >= 0.3 is 0 Å². The summed E-state index contributed by atoms with van der Waals surface area (Å²) in [5.74, 6) is -0.314. The molecule has 40 heavy (non-hydrogen) atoms. The third-order valence-electron chi connectivity index (χ3n) is 6.87. The van der Waals surface area contributed by atoms with Crippen molar-refractivity contribution in [3.8, 4) is 17.2 Å². The van der Waals surface area contributed by atoms with E-state index >= 15 is 0 Å². The lowest BCUT2D eigenvalue weighted by Gasteiger charge is -2.18. The summed E-state index contributed by atoms with van der Waals surface area (Å²) in [6.07, 6.45) is 12.3. The molecule has 0 radical (unpaired) electrons. The number of unbranched alkanes of at least 4 members (excludes halogenated alkanes) is 9. The Bertz CT molecular complexity index is 1160. The third kappa shape index (κ3) is 8.93. The summed E-state index contributed by atoms with van der Waals surface area (Å²) in [5.41, 5.74) is 0.865. The van der Waals surface area contributed by atoms with Crippen LogP contribution in [0.3, 0.4) is 0 Å². The summed E-state index contributed by atoms with van der Waals surface area (Å²) in [6, 6.07) is 8.99. The quantitative estimate of drug-likeness (QED) is 0.178. The Morgan fingerprint density at radius 3 is 2.00 bits per heavy atom. The van der Waals surface area contributed by atoms with Crippen LogP contribution in [0.4, 0.5) is 10.1 Å². The number of hydrogen-bond donors (Lipinski definition) is 1. The first-order valence-corrected chi connectivity index (χ1v) is 14.1. The van der Waals surface area contributed by atoms with Crippen LogP contribution in [0.15, 0.2) is 36.4 Å². The molecule has 1 amide bonds. The van der Waals surface area contributed by atoms with Crippen LogP contribution < -0.4 is 19.5 Å². The molecule has 1 N–H and O–H groups in total. The van der Waals surface area contributed by atoms with E-state index in [1.165, 1.54) is 89.6 Å². The lowest BCUT2D eigenvalue weighted by molar-refractivity contribution is -0.116. The SMILES string of the molecule is CCCCCCCCCCCCn1nnc([C@H](C(=O)Nc2c(OC)cc(OC)cc2OC)c2ccc(F)cc2)n1. The van der Waals surface area contributed by atoms with Crippen LogP contribution >= 0.6 is 0 Å². The minimum Gasteiger partial charge on any atom is -0.496 e. The van der Waals surface area contributed by atoms with Crippen LogP contribution in [-0.2, 0) is 11.3 Å². The Morgan fingerprint density at radius 1 is 0.875 bits per heavy atom. The van der Waals surface area contributed by atoms with Gasteiger partial charge in [-0.1, -0.05) is 76.8 Å². The van der Waals surface area contributed by atoms with Crippen molar-refractivity contribution in [3.05, 3.63) is 53.6 Å². The molecule has 0 aliphatic rings. The second-order valence-electron chi connectivity index (χ2n) is 9.81. The van der Waals surface area contributed by atoms with Crippen LogP contribution in [0, 0.1) is 5.82 Å². The molecule has 3 rings (SSSR count). The normalized spacial score (nSPS) is 11.7. The number of benzene rings is 2. The number of anilines is 1. The van der Waals surface area contributed by atoms with Crippen LogP contribution in [-0.4, -0.2) is 47.4 Å². The highest BCUT2D eigenvalue weighted by molar-refractivity contribution is 6.00. The zero-order chi connectivity index (χ0) is 28.7. The van der Waals surface area contributed by atoms with E-state index in [4.69, 9.17) is 14.2 Å². The highest BCUT2D eigenvalue weighted by Crippen LogP contribution is 2.39. The number of aromatic nitrogens is 4. The topological polar surface area (TPSA) is 100 Å². The Kier molecular flexibility index (Phi) is 12.7. The van der Waals surface area contributed by atoms with E-state index in [-0.39, 0.29) is 5.82 Å². The summed E-state index contributed by atoms with van der Waals surface area (Å²) >= 11 is 0. The summed E-state index contributed by atoms with van der Waals surface area (Å²) in [7, 11) is 4.51. The second kappa shape index (κ2) is 16.4. The average Bonchev–Trinajstić information content (AvgIpc) is 3.43. The number of carbonyl (C=O) groups is 1. The van der Waals surface area contributed by atoms with Crippen molar-refractivity contribution in [2.75, 3.05) is 26.6 Å². The summed E-state index contributed by atoms with van der Waals surface area (Å²) in [4.78, 5) is 15.2. The van der Waals surface area contributed by atoms with E-state index < -0.39 is 17.6 Å². The van der Waals surface area contributed by atoms with E-state index in [0.29, 0.717) is 35.0 Å². The van der Waals surface area contributed by atoms with Gasteiger partial charge in [-0.15, -0.1) is 10.2 Å². The molecule has 3 aromatic rings. The van der Waals surface area contributed by atoms with Gasteiger partial charge in [0.25, 0.3) is 0 Å². The van der Waals surface area contributed by atoms with Gasteiger partial charge in [0.2, 0.25) is 5.91 Å². The van der Waals surface area contributed by atoms with Gasteiger partial charge in [0.1, 0.15) is 34.7 Å². The number of nitrogens with zero attached hydrogens (tertiary/aromatic N) is 4. The summed E-state index contributed by atoms with van der Waals surface area (Å²) < 4.78 is 29.9. The molecule has 1 aromatic heterocycles. The average molecular weight is 556 g/mol. The number of methoxy groups -OCH3 is 3. The van der Waals surface area contributed by atoms with Gasteiger partial charge in [0, 0.05) is 12.1 Å². The predicted molar refractivity (Wildman–Crippen MR) is 153 cm³/mol. The lowest BCUT2D eigenvalue weighted by Crippen LogP contribution is -2.24. The third-order valence-corrected chi connectivity index (χ3v) is 6.87. The Balaban J connectivity index is 1.68. The first-order valence-electron chi connectivity index (χ1n) is 14.1. The lowest BCUT2D eigenvalue weighted by atomic mass is 9.97. The molecule has 0 aliphatic carbocycles. The molecule has 2 aromatic carbocycles. The van der Waals surface area contributed by atoms with Crippen LogP contribution in [0.1, 0.15) is 88.4 Å². The molecule has 0 unspecified atom stereocenters. The molecule has 0 saturated heterocycles. The van der Waals surface area contributed by atoms with Gasteiger partial charge in [0.05, 0.1) is 27.9 Å². The van der Waals surface area contributed by atoms with Crippen molar-refractivity contribution < 1.29 is 23.4 Å². The highest BCUT2D eigenvalue weighted by Gasteiger charge is 2.29. The number of amides is 1. The number of tetrazole rings is 1. The van der Waals surface area contributed by atoms with Crippen molar-refractivity contribution >= 4 is 11.6 Å². The molecular weight excluding hydrogens is 513 g/mol. The van der Waals surface area contributed by atoms with Crippen LogP contribution in [0.5, 0.6) is 17.2 Å². The number of rotatable bonds is 18. The number of nitrogens with one attached hydrogen (secondary N) is 1. The van der Waals surface area contributed by atoms with Gasteiger partial charge in [-0.05, 0) is 29.3 Å². The maximum Gasteiger partial charge on any atom is 0.240 e. The van der Waals surface area contributed by atoms with E-state index in [9.17, 15) is 9.18 Å². The van der Waals surface area contributed by atoms with Crippen molar-refractivity contribution in [1.82, 2.24) is 20.2 Å². The summed E-state index contributed by atoms with van der Waals surface area (Å²) in [5, 5.41) is 15.8. The Morgan fingerprint density at radius 2 is 1.45 bits per heavy atom. The minimum atomic E-state index is -0.932. The van der Waals surface area contributed by atoms with Crippen molar-refractivity contribution in [1.29, 1.82) is 0 Å². The smallest absolute Gasteiger partial charge is 0.240 e. The first kappa shape index (κ1) is 30.8. The zero-order valence-corrected chi connectivity index (χ0v) is 24.1. The zero-order valence-electron chi connectivity index (χ0n) is 24.1. The molecule has 0 aliphatic heterocycles. The van der Waals surface area contributed by atoms with Gasteiger partial charge in [-0.2, -0.15) is 4.80 Å². The van der Waals surface area contributed by atoms with E-state index in [1.807, 2.05) is 0 Å². The van der Waals surface area contributed by atoms with Gasteiger partial charge in [-0.25, -0.2) is 4.39 Å². The molecule has 1 heterocycles. The number of halogens is 1. The van der Waals surface area contributed by atoms with Crippen molar-refractivity contribution in [2.24, 2.45) is 0 Å². The molecule has 0 fully saturated rings. The minimum absolute atomic E-state index is 0.225. The summed E-state index contributed by atoms with van der Waals surface area (Å²) in [6.45, 7) is 2.85. The van der Waals surface area contributed by atoms with Gasteiger partial charge in [0.15, 0.2) is 5.82 Å². The standard InChI is InChI=1S/C30H42FN5O4/c1-5-6-7-8-9-10-11-12-13-14-19-36-34-29(33-35-36)27(22-15-17-23(31)18-16-22)30(37)32-28-25(39-3)20-24(38-2)21-26(28)40-4/h15-18,20-21,27H,5-14,19H2,1-4H3,(H,32,37)/t27-/m1/s1. The molecule has 1 atom stereocenters. The fraction of sp³-hybridized carbons (Fsp3) is 0.533. The molecule has 218 valence electrons. The Labute approximate surface area is 236 Å². The van der Waals surface area contributed by atoms with Crippen molar-refractivity contribution in [3.63, 3.8) is 0 Å². The molecule has 9 nitrogen and oxygen atoms in total. The van der Waals surface area contributed by atoms with Crippen LogP contribution in [0.2, 0.25) is 0 Å². The molecule has 0 saturated carbocycles. The van der Waals surface area contributed by atoms with E-state index in [2.05, 4.69) is 27.7 Å². The monoisotopic (exact) mass is 555 g/mol.